The minimum Gasteiger partial charge on any atom is -0.301 e. The number of nitrogens with one attached hydrogen (secondary N) is 1. The minimum atomic E-state index is -0.0423. The summed E-state index contributed by atoms with van der Waals surface area (Å²) < 4.78 is 0. The van der Waals surface area contributed by atoms with Crippen LogP contribution in [-0.4, -0.2) is 36.6 Å². The highest BCUT2D eigenvalue weighted by Crippen LogP contribution is 2.26. The van der Waals surface area contributed by atoms with Crippen LogP contribution in [-0.2, 0) is 0 Å². The fourth-order valence-electron chi connectivity index (χ4n) is 2.65. The first-order valence-electron chi connectivity index (χ1n) is 6.88. The van der Waals surface area contributed by atoms with E-state index in [-0.39, 0.29) is 6.04 Å². The Balaban J connectivity index is 2.37. The van der Waals surface area contributed by atoms with E-state index in [2.05, 4.69) is 44.1 Å². The molecule has 0 aromatic carbocycles. The van der Waals surface area contributed by atoms with E-state index in [0.717, 1.165) is 12.5 Å². The predicted molar refractivity (Wildman–Crippen MR) is 71.7 cm³/mol. The number of nitrogens with zero attached hydrogens (tertiary/aromatic N) is 2. The van der Waals surface area contributed by atoms with Crippen molar-refractivity contribution in [3.05, 3.63) is 0 Å². The van der Waals surface area contributed by atoms with Crippen molar-refractivity contribution in [1.82, 2.24) is 10.2 Å². The van der Waals surface area contributed by atoms with Gasteiger partial charge in [-0.05, 0) is 52.5 Å². The summed E-state index contributed by atoms with van der Waals surface area (Å²) in [6.45, 7) is 7.36. The highest BCUT2D eigenvalue weighted by molar-refractivity contribution is 4.93. The Morgan fingerprint density at radius 3 is 2.35 bits per heavy atom. The van der Waals surface area contributed by atoms with Crippen LogP contribution < -0.4 is 5.32 Å². The lowest BCUT2D eigenvalue weighted by Crippen LogP contribution is -2.45. The van der Waals surface area contributed by atoms with E-state index in [1.54, 1.807) is 0 Å². The van der Waals surface area contributed by atoms with Crippen LogP contribution in [0, 0.1) is 17.2 Å². The molecule has 1 unspecified atom stereocenters. The van der Waals surface area contributed by atoms with Crippen molar-refractivity contribution in [2.45, 2.75) is 64.6 Å². The average Bonchev–Trinajstić information content (AvgIpc) is 2.28. The first-order chi connectivity index (χ1) is 8.02. The van der Waals surface area contributed by atoms with Crippen molar-refractivity contribution in [2.24, 2.45) is 5.92 Å². The van der Waals surface area contributed by atoms with Gasteiger partial charge < -0.3 is 4.90 Å². The quantitative estimate of drug-likeness (QED) is 0.798. The van der Waals surface area contributed by atoms with Crippen LogP contribution in [0.2, 0.25) is 0 Å². The van der Waals surface area contributed by atoms with E-state index in [0.29, 0.717) is 12.1 Å². The average molecular weight is 237 g/mol. The molecule has 3 heteroatoms. The molecular formula is C14H27N3. The Bertz CT molecular complexity index is 249. The van der Waals surface area contributed by atoms with Crippen molar-refractivity contribution in [2.75, 3.05) is 13.6 Å². The van der Waals surface area contributed by atoms with Gasteiger partial charge in [0.1, 0.15) is 6.04 Å². The van der Waals surface area contributed by atoms with Gasteiger partial charge in [0.05, 0.1) is 6.07 Å². The number of likely N-dealkylation sites (N-methyl/N-ethyl adjacent to an activating group) is 1. The highest BCUT2D eigenvalue weighted by atomic mass is 15.2. The lowest BCUT2D eigenvalue weighted by molar-refractivity contribution is 0.162. The summed E-state index contributed by atoms with van der Waals surface area (Å²) in [5.74, 6) is 0.889. The zero-order valence-electron chi connectivity index (χ0n) is 11.7. The third-order valence-corrected chi connectivity index (χ3v) is 3.77. The third-order valence-electron chi connectivity index (χ3n) is 3.77. The lowest BCUT2D eigenvalue weighted by Gasteiger charge is -2.34. The maximum Gasteiger partial charge on any atom is 0.108 e. The Morgan fingerprint density at radius 1 is 1.29 bits per heavy atom. The van der Waals surface area contributed by atoms with Crippen LogP contribution in [0.4, 0.5) is 0 Å². The Morgan fingerprint density at radius 2 is 1.88 bits per heavy atom. The van der Waals surface area contributed by atoms with E-state index in [1.165, 1.54) is 25.7 Å². The molecule has 1 saturated carbocycles. The molecule has 0 radical (unpaired) electrons. The largest absolute Gasteiger partial charge is 0.301 e. The molecule has 1 rings (SSSR count). The zero-order chi connectivity index (χ0) is 12.8. The number of hydrogen-bond donors (Lipinski definition) is 1. The smallest absolute Gasteiger partial charge is 0.108 e. The molecule has 1 N–H and O–H groups in total. The molecule has 0 bridgehead atoms. The fourth-order valence-corrected chi connectivity index (χ4v) is 2.65. The van der Waals surface area contributed by atoms with Crippen LogP contribution in [0.25, 0.3) is 0 Å². The van der Waals surface area contributed by atoms with Crippen molar-refractivity contribution >= 4 is 0 Å². The Hall–Kier alpha value is -0.590. The van der Waals surface area contributed by atoms with Crippen LogP contribution in [0.5, 0.6) is 0 Å². The van der Waals surface area contributed by atoms with E-state index in [1.807, 2.05) is 0 Å². The molecule has 0 saturated heterocycles. The second kappa shape index (κ2) is 6.98. The molecule has 0 spiro atoms. The number of hydrogen-bond acceptors (Lipinski definition) is 3. The molecule has 1 atom stereocenters. The summed E-state index contributed by atoms with van der Waals surface area (Å²) in [6.07, 6.45) is 5.25. The third kappa shape index (κ3) is 5.06. The molecule has 98 valence electrons. The van der Waals surface area contributed by atoms with Gasteiger partial charge in [0, 0.05) is 18.6 Å². The molecule has 1 fully saturated rings. The van der Waals surface area contributed by atoms with Gasteiger partial charge in [-0.2, -0.15) is 5.26 Å². The molecule has 3 nitrogen and oxygen atoms in total. The summed E-state index contributed by atoms with van der Waals surface area (Å²) in [5.41, 5.74) is 0. The summed E-state index contributed by atoms with van der Waals surface area (Å²) >= 11 is 0. The van der Waals surface area contributed by atoms with Gasteiger partial charge in [0.25, 0.3) is 0 Å². The summed E-state index contributed by atoms with van der Waals surface area (Å²) in [7, 11) is 2.16. The van der Waals surface area contributed by atoms with Crippen molar-refractivity contribution in [1.29, 1.82) is 5.26 Å². The van der Waals surface area contributed by atoms with E-state index >= 15 is 0 Å². The van der Waals surface area contributed by atoms with Crippen molar-refractivity contribution in [3.63, 3.8) is 0 Å². The molecule has 1 aliphatic carbocycles. The molecule has 17 heavy (non-hydrogen) atoms. The van der Waals surface area contributed by atoms with E-state index in [9.17, 15) is 0 Å². The minimum absolute atomic E-state index is 0.0423. The van der Waals surface area contributed by atoms with Gasteiger partial charge >= 0.3 is 0 Å². The number of nitriles is 1. The molecule has 0 heterocycles. The van der Waals surface area contributed by atoms with Crippen molar-refractivity contribution < 1.29 is 0 Å². The number of rotatable bonds is 5. The van der Waals surface area contributed by atoms with Gasteiger partial charge in [0.15, 0.2) is 0 Å². The van der Waals surface area contributed by atoms with Crippen molar-refractivity contribution in [3.8, 4) is 6.07 Å². The van der Waals surface area contributed by atoms with Gasteiger partial charge in [0.2, 0.25) is 0 Å². The molecule has 0 amide bonds. The maximum atomic E-state index is 9.13. The van der Waals surface area contributed by atoms with Gasteiger partial charge in [-0.25, -0.2) is 0 Å². The maximum absolute atomic E-state index is 9.13. The molecular weight excluding hydrogens is 210 g/mol. The Kier molecular flexibility index (Phi) is 5.94. The van der Waals surface area contributed by atoms with Crippen LogP contribution in [0.3, 0.4) is 0 Å². The van der Waals surface area contributed by atoms with Crippen LogP contribution in [0.1, 0.15) is 46.5 Å². The van der Waals surface area contributed by atoms with E-state index < -0.39 is 0 Å². The van der Waals surface area contributed by atoms with Gasteiger partial charge in [-0.1, -0.05) is 6.92 Å². The summed E-state index contributed by atoms with van der Waals surface area (Å²) in [6, 6.07) is 3.37. The standard InChI is InChI=1S/C14H27N3/c1-11(2)16-13(9-15)10-17(4)14-7-5-12(3)6-8-14/h11-14,16H,5-8,10H2,1-4H3. The molecule has 0 aliphatic heterocycles. The molecule has 0 aromatic heterocycles. The predicted octanol–water partition coefficient (Wildman–Crippen LogP) is 2.39. The fraction of sp³-hybridized carbons (Fsp3) is 0.929. The molecule has 0 aromatic rings. The topological polar surface area (TPSA) is 39.1 Å². The summed E-state index contributed by atoms with van der Waals surface area (Å²) in [4.78, 5) is 2.37. The second-order valence-electron chi connectivity index (χ2n) is 5.86. The second-order valence-corrected chi connectivity index (χ2v) is 5.86. The van der Waals surface area contributed by atoms with Crippen LogP contribution >= 0.6 is 0 Å². The zero-order valence-corrected chi connectivity index (χ0v) is 11.7. The highest BCUT2D eigenvalue weighted by Gasteiger charge is 2.23. The first kappa shape index (κ1) is 14.5. The normalized spacial score (nSPS) is 27.1. The molecule has 1 aliphatic rings. The lowest BCUT2D eigenvalue weighted by atomic mass is 9.86. The summed E-state index contributed by atoms with van der Waals surface area (Å²) in [5, 5.41) is 12.4. The van der Waals surface area contributed by atoms with Crippen LogP contribution in [0.15, 0.2) is 0 Å². The van der Waals surface area contributed by atoms with E-state index in [4.69, 9.17) is 5.26 Å². The van der Waals surface area contributed by atoms with Gasteiger partial charge in [-0.3, -0.25) is 5.32 Å². The SMILES string of the molecule is CC1CCC(N(C)CC(C#N)NC(C)C)CC1. The first-order valence-corrected chi connectivity index (χ1v) is 6.88. The Labute approximate surface area is 106 Å². The monoisotopic (exact) mass is 237 g/mol. The van der Waals surface area contributed by atoms with Gasteiger partial charge in [-0.15, -0.1) is 0 Å².